The number of nitrogens with one attached hydrogen (secondary N) is 2. The number of hydrogen-bond donors (Lipinski definition) is 2. The molecule has 2 heteroatoms. The zero-order chi connectivity index (χ0) is 6.69. The number of aromatic amines is 1. The van der Waals surface area contributed by atoms with Crippen LogP contribution < -0.4 is 5.32 Å². The van der Waals surface area contributed by atoms with Gasteiger partial charge in [0.15, 0.2) is 0 Å². The molecule has 0 aliphatic heterocycles. The SMILES string of the molecule is CNC(C)c1cc[nH]c1. The van der Waals surface area contributed by atoms with Gasteiger partial charge in [0.25, 0.3) is 0 Å². The third-order valence-corrected chi connectivity index (χ3v) is 1.56. The van der Waals surface area contributed by atoms with Crippen molar-refractivity contribution in [1.82, 2.24) is 10.3 Å². The van der Waals surface area contributed by atoms with Gasteiger partial charge in [0, 0.05) is 18.4 Å². The summed E-state index contributed by atoms with van der Waals surface area (Å²) in [6, 6.07) is 2.53. The summed E-state index contributed by atoms with van der Waals surface area (Å²) in [6.07, 6.45) is 3.93. The molecule has 50 valence electrons. The standard InChI is InChI=1S/C7H12N2/c1-6(8-2)7-3-4-9-5-7/h3-6,8-9H,1-2H3. The Kier molecular flexibility index (Phi) is 1.90. The molecule has 0 saturated heterocycles. The van der Waals surface area contributed by atoms with E-state index in [4.69, 9.17) is 0 Å². The maximum Gasteiger partial charge on any atom is 0.0303 e. The highest BCUT2D eigenvalue weighted by Gasteiger charge is 1.99. The summed E-state index contributed by atoms with van der Waals surface area (Å²) in [5.41, 5.74) is 1.30. The Morgan fingerprint density at radius 2 is 2.44 bits per heavy atom. The fourth-order valence-electron chi connectivity index (χ4n) is 0.773. The highest BCUT2D eigenvalue weighted by molar-refractivity contribution is 5.12. The van der Waals surface area contributed by atoms with Gasteiger partial charge in [-0.1, -0.05) is 0 Å². The first-order chi connectivity index (χ1) is 4.34. The van der Waals surface area contributed by atoms with Gasteiger partial charge >= 0.3 is 0 Å². The van der Waals surface area contributed by atoms with Crippen molar-refractivity contribution < 1.29 is 0 Å². The molecule has 0 spiro atoms. The van der Waals surface area contributed by atoms with E-state index in [-0.39, 0.29) is 0 Å². The van der Waals surface area contributed by atoms with E-state index in [0.29, 0.717) is 6.04 Å². The summed E-state index contributed by atoms with van der Waals surface area (Å²) in [5, 5.41) is 3.15. The summed E-state index contributed by atoms with van der Waals surface area (Å²) >= 11 is 0. The van der Waals surface area contributed by atoms with Gasteiger partial charge in [-0.05, 0) is 25.6 Å². The van der Waals surface area contributed by atoms with Gasteiger partial charge in [0.05, 0.1) is 0 Å². The fourth-order valence-corrected chi connectivity index (χ4v) is 0.773. The maximum absolute atomic E-state index is 3.15. The molecule has 1 aromatic heterocycles. The minimum Gasteiger partial charge on any atom is -0.367 e. The first-order valence-corrected chi connectivity index (χ1v) is 3.14. The van der Waals surface area contributed by atoms with Gasteiger partial charge in [0.2, 0.25) is 0 Å². The van der Waals surface area contributed by atoms with Crippen LogP contribution >= 0.6 is 0 Å². The summed E-state index contributed by atoms with van der Waals surface area (Å²) in [4.78, 5) is 3.00. The van der Waals surface area contributed by atoms with Crippen LogP contribution in [0, 0.1) is 0 Å². The second kappa shape index (κ2) is 2.69. The van der Waals surface area contributed by atoms with Crippen molar-refractivity contribution in [1.29, 1.82) is 0 Å². The molecule has 0 bridgehead atoms. The van der Waals surface area contributed by atoms with Crippen LogP contribution in [0.3, 0.4) is 0 Å². The zero-order valence-corrected chi connectivity index (χ0v) is 5.81. The molecule has 0 radical (unpaired) electrons. The van der Waals surface area contributed by atoms with E-state index >= 15 is 0 Å². The van der Waals surface area contributed by atoms with Crippen LogP contribution in [0.2, 0.25) is 0 Å². The smallest absolute Gasteiger partial charge is 0.0303 e. The van der Waals surface area contributed by atoms with Crippen LogP contribution in [0.15, 0.2) is 18.5 Å². The van der Waals surface area contributed by atoms with Crippen molar-refractivity contribution in [2.45, 2.75) is 13.0 Å². The Labute approximate surface area is 55.3 Å². The molecule has 1 heterocycles. The molecule has 0 fully saturated rings. The van der Waals surface area contributed by atoms with E-state index in [9.17, 15) is 0 Å². The van der Waals surface area contributed by atoms with E-state index in [2.05, 4.69) is 23.3 Å². The van der Waals surface area contributed by atoms with Crippen molar-refractivity contribution in [3.05, 3.63) is 24.0 Å². The van der Waals surface area contributed by atoms with Gasteiger partial charge in [-0.15, -0.1) is 0 Å². The Hall–Kier alpha value is -0.760. The summed E-state index contributed by atoms with van der Waals surface area (Å²) in [7, 11) is 1.96. The minimum atomic E-state index is 0.455. The predicted molar refractivity (Wildman–Crippen MR) is 38.3 cm³/mol. The van der Waals surface area contributed by atoms with Crippen molar-refractivity contribution in [3.8, 4) is 0 Å². The Morgan fingerprint density at radius 3 is 2.89 bits per heavy atom. The van der Waals surface area contributed by atoms with Crippen LogP contribution in [0.1, 0.15) is 18.5 Å². The van der Waals surface area contributed by atoms with Crippen molar-refractivity contribution >= 4 is 0 Å². The Bertz CT molecular complexity index is 155. The van der Waals surface area contributed by atoms with Crippen LogP contribution in [-0.4, -0.2) is 12.0 Å². The first-order valence-electron chi connectivity index (χ1n) is 3.14. The molecule has 0 aliphatic rings. The van der Waals surface area contributed by atoms with E-state index in [1.54, 1.807) is 0 Å². The first kappa shape index (κ1) is 6.36. The van der Waals surface area contributed by atoms with E-state index in [0.717, 1.165) is 0 Å². The van der Waals surface area contributed by atoms with Gasteiger partial charge < -0.3 is 10.3 Å². The molecule has 0 aromatic carbocycles. The maximum atomic E-state index is 3.15. The molecule has 9 heavy (non-hydrogen) atoms. The van der Waals surface area contributed by atoms with E-state index < -0.39 is 0 Å². The minimum absolute atomic E-state index is 0.455. The summed E-state index contributed by atoms with van der Waals surface area (Å²) < 4.78 is 0. The van der Waals surface area contributed by atoms with E-state index in [1.165, 1.54) is 5.56 Å². The molecule has 2 nitrogen and oxygen atoms in total. The number of rotatable bonds is 2. The molecule has 0 saturated carbocycles. The average molecular weight is 124 g/mol. The van der Waals surface area contributed by atoms with Crippen molar-refractivity contribution in [2.75, 3.05) is 7.05 Å². The molecule has 2 N–H and O–H groups in total. The third-order valence-electron chi connectivity index (χ3n) is 1.56. The lowest BCUT2D eigenvalue weighted by molar-refractivity contribution is 0.653. The predicted octanol–water partition coefficient (Wildman–Crippen LogP) is 1.30. The zero-order valence-electron chi connectivity index (χ0n) is 5.81. The number of aromatic nitrogens is 1. The molecular weight excluding hydrogens is 112 g/mol. The van der Waals surface area contributed by atoms with Gasteiger partial charge in [-0.25, -0.2) is 0 Å². The topological polar surface area (TPSA) is 27.8 Å². The lowest BCUT2D eigenvalue weighted by Crippen LogP contribution is -2.10. The molecular formula is C7H12N2. The van der Waals surface area contributed by atoms with E-state index in [1.807, 2.05) is 19.4 Å². The third kappa shape index (κ3) is 1.33. The number of hydrogen-bond acceptors (Lipinski definition) is 1. The second-order valence-electron chi connectivity index (χ2n) is 2.15. The largest absolute Gasteiger partial charge is 0.367 e. The van der Waals surface area contributed by atoms with Crippen LogP contribution in [-0.2, 0) is 0 Å². The average Bonchev–Trinajstić information content (AvgIpc) is 2.37. The van der Waals surface area contributed by atoms with Gasteiger partial charge in [0.1, 0.15) is 0 Å². The Balaban J connectivity index is 2.65. The molecule has 1 aromatic rings. The van der Waals surface area contributed by atoms with Crippen LogP contribution in [0.5, 0.6) is 0 Å². The number of H-pyrrole nitrogens is 1. The lowest BCUT2D eigenvalue weighted by Gasteiger charge is -2.05. The van der Waals surface area contributed by atoms with Crippen molar-refractivity contribution in [2.24, 2.45) is 0 Å². The van der Waals surface area contributed by atoms with Crippen LogP contribution in [0.25, 0.3) is 0 Å². The Morgan fingerprint density at radius 1 is 1.67 bits per heavy atom. The van der Waals surface area contributed by atoms with Crippen LogP contribution in [0.4, 0.5) is 0 Å². The quantitative estimate of drug-likeness (QED) is 0.611. The molecule has 0 amide bonds. The monoisotopic (exact) mass is 124 g/mol. The normalized spacial score (nSPS) is 13.6. The summed E-state index contributed by atoms with van der Waals surface area (Å²) in [6.45, 7) is 2.13. The highest BCUT2D eigenvalue weighted by Crippen LogP contribution is 2.08. The molecule has 0 aliphatic carbocycles. The van der Waals surface area contributed by atoms with Gasteiger partial charge in [-0.3, -0.25) is 0 Å². The lowest BCUT2D eigenvalue weighted by atomic mass is 10.2. The second-order valence-corrected chi connectivity index (χ2v) is 2.15. The fraction of sp³-hybridized carbons (Fsp3) is 0.429. The molecule has 1 rings (SSSR count). The molecule has 1 atom stereocenters. The highest BCUT2D eigenvalue weighted by atomic mass is 14.9. The van der Waals surface area contributed by atoms with Crippen molar-refractivity contribution in [3.63, 3.8) is 0 Å². The molecule has 1 unspecified atom stereocenters. The van der Waals surface area contributed by atoms with Gasteiger partial charge in [-0.2, -0.15) is 0 Å². The summed E-state index contributed by atoms with van der Waals surface area (Å²) in [5.74, 6) is 0.